The number of hydrazone groups is 1. The largest absolute Gasteiger partial charge is 0.488 e. The molecule has 30 heavy (non-hydrogen) atoms. The van der Waals surface area contributed by atoms with Crippen LogP contribution in [0.2, 0.25) is 0 Å². The van der Waals surface area contributed by atoms with Crippen molar-refractivity contribution < 1.29 is 9.53 Å². The zero-order valence-electron chi connectivity index (χ0n) is 16.4. The number of halogens is 2. The molecule has 3 rings (SSSR count). The van der Waals surface area contributed by atoms with Crippen molar-refractivity contribution in [1.29, 1.82) is 0 Å². The fraction of sp³-hybridized carbons (Fsp3) is 0.130. The second-order valence-electron chi connectivity index (χ2n) is 6.56. The third-order valence-corrected chi connectivity index (χ3v) is 5.41. The summed E-state index contributed by atoms with van der Waals surface area (Å²) in [5.41, 5.74) is 6.33. The molecule has 5 nitrogen and oxygen atoms in total. The molecule has 0 saturated carbocycles. The Morgan fingerprint density at radius 2 is 1.70 bits per heavy atom. The van der Waals surface area contributed by atoms with Gasteiger partial charge in [0.2, 0.25) is 0 Å². The minimum Gasteiger partial charge on any atom is -0.488 e. The van der Waals surface area contributed by atoms with E-state index < -0.39 is 0 Å². The Morgan fingerprint density at radius 1 is 1.03 bits per heavy atom. The summed E-state index contributed by atoms with van der Waals surface area (Å²) in [7, 11) is 0. The van der Waals surface area contributed by atoms with Gasteiger partial charge in [0.15, 0.2) is 0 Å². The predicted octanol–water partition coefficient (Wildman–Crippen LogP) is 5.66. The Morgan fingerprint density at radius 3 is 2.43 bits per heavy atom. The van der Waals surface area contributed by atoms with Crippen LogP contribution in [0.3, 0.4) is 0 Å². The average molecular weight is 531 g/mol. The van der Waals surface area contributed by atoms with Gasteiger partial charge in [-0.3, -0.25) is 4.79 Å². The normalized spacial score (nSPS) is 10.8. The molecule has 0 aliphatic heterocycles. The molecule has 3 aromatic carbocycles. The summed E-state index contributed by atoms with van der Waals surface area (Å²) in [5, 5.41) is 7.16. The van der Waals surface area contributed by atoms with E-state index in [2.05, 4.69) is 47.7 Å². The quantitative estimate of drug-likeness (QED) is 0.292. The van der Waals surface area contributed by atoms with Crippen molar-refractivity contribution in [3.05, 3.63) is 92.4 Å². The van der Waals surface area contributed by atoms with Crippen molar-refractivity contribution in [2.24, 2.45) is 5.10 Å². The highest BCUT2D eigenvalue weighted by Gasteiger charge is 2.08. The second kappa shape index (κ2) is 10.9. The predicted molar refractivity (Wildman–Crippen MR) is 128 cm³/mol. The first-order valence-electron chi connectivity index (χ1n) is 9.30. The van der Waals surface area contributed by atoms with Crippen LogP contribution < -0.4 is 15.5 Å². The minimum atomic E-state index is -0.256. The number of para-hydroxylation sites is 1. The van der Waals surface area contributed by atoms with Gasteiger partial charge in [-0.05, 0) is 74.2 Å². The molecule has 3 aromatic rings. The Bertz CT molecular complexity index is 1020. The molecule has 0 fully saturated rings. The molecule has 0 aliphatic carbocycles. The first kappa shape index (κ1) is 22.1. The number of rotatable bonds is 8. The molecule has 0 aromatic heterocycles. The van der Waals surface area contributed by atoms with E-state index in [0.29, 0.717) is 12.4 Å². The zero-order valence-corrected chi connectivity index (χ0v) is 19.5. The molecule has 0 saturated heterocycles. The van der Waals surface area contributed by atoms with Crippen LogP contribution in [-0.2, 0) is 11.4 Å². The van der Waals surface area contributed by atoms with E-state index in [4.69, 9.17) is 4.74 Å². The average Bonchev–Trinajstić information content (AvgIpc) is 2.73. The number of amides is 1. The minimum absolute atomic E-state index is 0.0871. The molecule has 0 atom stereocenters. The van der Waals surface area contributed by atoms with Gasteiger partial charge in [-0.25, -0.2) is 5.43 Å². The SMILES string of the molecule is Cc1cc(Br)c(NCC(=O)NN=Cc2ccccc2OCc2ccccc2)c(Br)c1. The molecule has 0 heterocycles. The van der Waals surface area contributed by atoms with E-state index in [9.17, 15) is 4.79 Å². The molecule has 0 spiro atoms. The third kappa shape index (κ3) is 6.43. The number of nitrogens with zero attached hydrogens (tertiary/aromatic N) is 1. The molecule has 0 radical (unpaired) electrons. The lowest BCUT2D eigenvalue weighted by molar-refractivity contribution is -0.119. The van der Waals surface area contributed by atoms with Crippen LogP contribution in [0.15, 0.2) is 80.8 Å². The van der Waals surface area contributed by atoms with E-state index in [-0.39, 0.29) is 12.5 Å². The van der Waals surface area contributed by atoms with Crippen LogP contribution in [0, 0.1) is 6.92 Å². The van der Waals surface area contributed by atoms with Crippen molar-refractivity contribution in [3.8, 4) is 5.75 Å². The van der Waals surface area contributed by atoms with Crippen LogP contribution >= 0.6 is 31.9 Å². The summed E-state index contributed by atoms with van der Waals surface area (Å²) in [6.45, 7) is 2.55. The highest BCUT2D eigenvalue weighted by molar-refractivity contribution is 9.11. The Hall–Kier alpha value is -2.64. The van der Waals surface area contributed by atoms with Gasteiger partial charge in [-0.15, -0.1) is 0 Å². The number of carbonyl (C=O) groups is 1. The van der Waals surface area contributed by atoms with Crippen LogP contribution in [0.4, 0.5) is 5.69 Å². The second-order valence-corrected chi connectivity index (χ2v) is 8.27. The van der Waals surface area contributed by atoms with E-state index in [1.165, 1.54) is 0 Å². The molecule has 1 amide bonds. The smallest absolute Gasteiger partial charge is 0.259 e. The van der Waals surface area contributed by atoms with Crippen molar-refractivity contribution in [1.82, 2.24) is 5.43 Å². The highest BCUT2D eigenvalue weighted by atomic mass is 79.9. The number of ether oxygens (including phenoxy) is 1. The maximum atomic E-state index is 12.1. The van der Waals surface area contributed by atoms with Gasteiger partial charge in [-0.1, -0.05) is 42.5 Å². The van der Waals surface area contributed by atoms with Crippen molar-refractivity contribution in [3.63, 3.8) is 0 Å². The number of nitrogens with one attached hydrogen (secondary N) is 2. The number of anilines is 1. The summed E-state index contributed by atoms with van der Waals surface area (Å²) in [6, 6.07) is 21.5. The topological polar surface area (TPSA) is 62.7 Å². The van der Waals surface area contributed by atoms with Gasteiger partial charge in [0.1, 0.15) is 12.4 Å². The highest BCUT2D eigenvalue weighted by Crippen LogP contribution is 2.32. The first-order chi connectivity index (χ1) is 14.5. The lowest BCUT2D eigenvalue weighted by atomic mass is 10.2. The van der Waals surface area contributed by atoms with Gasteiger partial charge in [0.05, 0.1) is 18.4 Å². The maximum absolute atomic E-state index is 12.1. The monoisotopic (exact) mass is 529 g/mol. The number of hydrogen-bond acceptors (Lipinski definition) is 4. The van der Waals surface area contributed by atoms with Gasteiger partial charge < -0.3 is 10.1 Å². The molecular formula is C23H21Br2N3O2. The van der Waals surface area contributed by atoms with Crippen molar-refractivity contribution >= 4 is 49.7 Å². The lowest BCUT2D eigenvalue weighted by Gasteiger charge is -2.11. The number of hydrogen-bond donors (Lipinski definition) is 2. The summed E-state index contributed by atoms with van der Waals surface area (Å²) < 4.78 is 7.66. The van der Waals surface area contributed by atoms with E-state index >= 15 is 0 Å². The van der Waals surface area contributed by atoms with Crippen LogP contribution in [-0.4, -0.2) is 18.7 Å². The fourth-order valence-electron chi connectivity index (χ4n) is 2.70. The molecule has 2 N–H and O–H groups in total. The fourth-order valence-corrected chi connectivity index (χ4v) is 4.40. The van der Waals surface area contributed by atoms with E-state index in [0.717, 1.165) is 31.3 Å². The third-order valence-electron chi connectivity index (χ3n) is 4.16. The summed E-state index contributed by atoms with van der Waals surface area (Å²) in [6.07, 6.45) is 1.58. The van der Waals surface area contributed by atoms with Gasteiger partial charge in [0, 0.05) is 14.5 Å². The van der Waals surface area contributed by atoms with E-state index in [1.54, 1.807) is 6.21 Å². The van der Waals surface area contributed by atoms with Crippen LogP contribution in [0.25, 0.3) is 0 Å². The summed E-state index contributed by atoms with van der Waals surface area (Å²) in [5.74, 6) is 0.443. The van der Waals surface area contributed by atoms with E-state index in [1.807, 2.05) is 73.7 Å². The molecule has 7 heteroatoms. The molecule has 0 unspecified atom stereocenters. The Balaban J connectivity index is 1.54. The Labute approximate surface area is 192 Å². The van der Waals surface area contributed by atoms with Crippen LogP contribution in [0.1, 0.15) is 16.7 Å². The van der Waals surface area contributed by atoms with Crippen LogP contribution in [0.5, 0.6) is 5.75 Å². The molecular weight excluding hydrogens is 510 g/mol. The molecule has 154 valence electrons. The Kier molecular flexibility index (Phi) is 8.04. The maximum Gasteiger partial charge on any atom is 0.259 e. The molecule has 0 bridgehead atoms. The number of benzene rings is 3. The summed E-state index contributed by atoms with van der Waals surface area (Å²) >= 11 is 7.01. The zero-order chi connectivity index (χ0) is 21.3. The van der Waals surface area contributed by atoms with Gasteiger partial charge >= 0.3 is 0 Å². The van der Waals surface area contributed by atoms with Crippen molar-refractivity contribution in [2.75, 3.05) is 11.9 Å². The number of aryl methyl sites for hydroxylation is 1. The van der Waals surface area contributed by atoms with Gasteiger partial charge in [-0.2, -0.15) is 5.10 Å². The molecule has 0 aliphatic rings. The lowest BCUT2D eigenvalue weighted by Crippen LogP contribution is -2.26. The van der Waals surface area contributed by atoms with Crippen molar-refractivity contribution in [2.45, 2.75) is 13.5 Å². The summed E-state index contributed by atoms with van der Waals surface area (Å²) in [4.78, 5) is 12.1. The first-order valence-corrected chi connectivity index (χ1v) is 10.9. The standard InChI is InChI=1S/C23H21Br2N3O2/c1-16-11-19(24)23(20(25)12-16)26-14-22(29)28-27-13-18-9-5-6-10-21(18)30-15-17-7-3-2-4-8-17/h2-13,26H,14-15H2,1H3,(H,28,29). The van der Waals surface area contributed by atoms with Gasteiger partial charge in [0.25, 0.3) is 5.91 Å². The number of carbonyl (C=O) groups excluding carboxylic acids is 1.